The molecule has 0 aliphatic carbocycles. The highest BCUT2D eigenvalue weighted by Crippen LogP contribution is 2.22. The van der Waals surface area contributed by atoms with Gasteiger partial charge < -0.3 is 11.1 Å². The van der Waals surface area contributed by atoms with Crippen LogP contribution in [-0.4, -0.2) is 15.7 Å². The minimum atomic E-state index is -0.107. The smallest absolute Gasteiger partial charge is 0.226 e. The summed E-state index contributed by atoms with van der Waals surface area (Å²) in [5.41, 5.74) is 7.82. The van der Waals surface area contributed by atoms with Crippen LogP contribution in [0, 0.1) is 6.92 Å². The molecular formula is C13H15ClN4O. The topological polar surface area (TPSA) is 72.9 Å². The second-order valence-electron chi connectivity index (χ2n) is 4.23. The SMILES string of the molecule is Cc1ccnn1CCC(=O)Nc1ccc(Cl)cc1N. The molecule has 0 saturated heterocycles. The Morgan fingerprint density at radius 2 is 2.26 bits per heavy atom. The van der Waals surface area contributed by atoms with Gasteiger partial charge in [0.25, 0.3) is 0 Å². The van der Waals surface area contributed by atoms with E-state index in [1.807, 2.05) is 13.0 Å². The van der Waals surface area contributed by atoms with Crippen molar-refractivity contribution in [1.82, 2.24) is 9.78 Å². The van der Waals surface area contributed by atoms with E-state index >= 15 is 0 Å². The van der Waals surface area contributed by atoms with E-state index in [1.165, 1.54) is 0 Å². The number of nitrogen functional groups attached to an aromatic ring is 1. The van der Waals surface area contributed by atoms with E-state index in [0.29, 0.717) is 29.4 Å². The lowest BCUT2D eigenvalue weighted by molar-refractivity contribution is -0.116. The third-order valence-corrected chi connectivity index (χ3v) is 3.00. The minimum absolute atomic E-state index is 0.107. The number of aromatic nitrogens is 2. The fourth-order valence-electron chi connectivity index (χ4n) is 1.70. The molecule has 0 saturated carbocycles. The number of benzene rings is 1. The Hall–Kier alpha value is -2.01. The van der Waals surface area contributed by atoms with Gasteiger partial charge in [0.1, 0.15) is 0 Å². The first kappa shape index (κ1) is 13.4. The highest BCUT2D eigenvalue weighted by atomic mass is 35.5. The molecule has 1 aromatic carbocycles. The normalized spacial score (nSPS) is 10.4. The van der Waals surface area contributed by atoms with Gasteiger partial charge in [0, 0.05) is 29.9 Å². The van der Waals surface area contributed by atoms with Crippen molar-refractivity contribution in [2.24, 2.45) is 0 Å². The number of anilines is 2. The van der Waals surface area contributed by atoms with Crippen LogP contribution in [0.3, 0.4) is 0 Å². The lowest BCUT2D eigenvalue weighted by Crippen LogP contribution is -2.16. The summed E-state index contributed by atoms with van der Waals surface area (Å²) in [7, 11) is 0. The summed E-state index contributed by atoms with van der Waals surface area (Å²) in [5, 5.41) is 7.42. The lowest BCUT2D eigenvalue weighted by Gasteiger charge is -2.09. The maximum absolute atomic E-state index is 11.8. The third-order valence-electron chi connectivity index (χ3n) is 2.77. The molecule has 5 nitrogen and oxygen atoms in total. The van der Waals surface area contributed by atoms with Crippen LogP contribution >= 0.6 is 11.6 Å². The average Bonchev–Trinajstić information content (AvgIpc) is 2.76. The number of halogens is 1. The molecule has 0 aliphatic heterocycles. The Balaban J connectivity index is 1.93. The van der Waals surface area contributed by atoms with E-state index in [9.17, 15) is 4.79 Å². The molecule has 1 amide bonds. The number of amides is 1. The molecular weight excluding hydrogens is 264 g/mol. The second kappa shape index (κ2) is 5.75. The number of carbonyl (C=O) groups is 1. The van der Waals surface area contributed by atoms with Crippen LogP contribution in [0.2, 0.25) is 5.02 Å². The molecule has 1 aromatic heterocycles. The predicted octanol–water partition coefficient (Wildman–Crippen LogP) is 2.46. The fourth-order valence-corrected chi connectivity index (χ4v) is 1.88. The summed E-state index contributed by atoms with van der Waals surface area (Å²) >= 11 is 5.80. The van der Waals surface area contributed by atoms with Crippen molar-refractivity contribution in [2.45, 2.75) is 19.9 Å². The van der Waals surface area contributed by atoms with E-state index in [0.717, 1.165) is 5.69 Å². The molecule has 0 fully saturated rings. The molecule has 0 bridgehead atoms. The van der Waals surface area contributed by atoms with Gasteiger partial charge in [-0.05, 0) is 31.2 Å². The Kier molecular flexibility index (Phi) is 4.06. The van der Waals surface area contributed by atoms with Gasteiger partial charge >= 0.3 is 0 Å². The molecule has 6 heteroatoms. The Labute approximate surface area is 116 Å². The molecule has 0 unspecified atom stereocenters. The van der Waals surface area contributed by atoms with Gasteiger partial charge in [-0.25, -0.2) is 0 Å². The van der Waals surface area contributed by atoms with Crippen LogP contribution in [0.15, 0.2) is 30.5 Å². The molecule has 2 aromatic rings. The minimum Gasteiger partial charge on any atom is -0.397 e. The molecule has 19 heavy (non-hydrogen) atoms. The zero-order chi connectivity index (χ0) is 13.8. The average molecular weight is 279 g/mol. The van der Waals surface area contributed by atoms with Gasteiger partial charge in [-0.15, -0.1) is 0 Å². The first-order chi connectivity index (χ1) is 9.06. The summed E-state index contributed by atoms with van der Waals surface area (Å²) in [6.45, 7) is 2.49. The van der Waals surface area contributed by atoms with Crippen molar-refractivity contribution in [2.75, 3.05) is 11.1 Å². The molecule has 1 heterocycles. The van der Waals surface area contributed by atoms with Crippen LogP contribution in [0.5, 0.6) is 0 Å². The van der Waals surface area contributed by atoms with Gasteiger partial charge in [0.2, 0.25) is 5.91 Å². The van der Waals surface area contributed by atoms with Crippen molar-refractivity contribution >= 4 is 28.9 Å². The zero-order valence-electron chi connectivity index (χ0n) is 10.6. The first-order valence-electron chi connectivity index (χ1n) is 5.89. The quantitative estimate of drug-likeness (QED) is 0.844. The lowest BCUT2D eigenvalue weighted by atomic mass is 10.2. The number of nitrogens with zero attached hydrogens (tertiary/aromatic N) is 2. The van der Waals surface area contributed by atoms with Gasteiger partial charge in [-0.3, -0.25) is 9.48 Å². The van der Waals surface area contributed by atoms with Crippen molar-refractivity contribution in [1.29, 1.82) is 0 Å². The van der Waals surface area contributed by atoms with E-state index in [2.05, 4.69) is 10.4 Å². The van der Waals surface area contributed by atoms with Crippen LogP contribution in [0.4, 0.5) is 11.4 Å². The van der Waals surface area contributed by atoms with Crippen molar-refractivity contribution in [3.63, 3.8) is 0 Å². The van der Waals surface area contributed by atoms with E-state index in [1.54, 1.807) is 29.1 Å². The van der Waals surface area contributed by atoms with E-state index < -0.39 is 0 Å². The summed E-state index contributed by atoms with van der Waals surface area (Å²) in [4.78, 5) is 11.8. The van der Waals surface area contributed by atoms with Crippen LogP contribution < -0.4 is 11.1 Å². The van der Waals surface area contributed by atoms with Crippen LogP contribution in [0.25, 0.3) is 0 Å². The largest absolute Gasteiger partial charge is 0.397 e. The summed E-state index contributed by atoms with van der Waals surface area (Å²) in [5.74, 6) is -0.107. The number of aryl methyl sites for hydroxylation is 2. The number of carbonyl (C=O) groups excluding carboxylic acids is 1. The second-order valence-corrected chi connectivity index (χ2v) is 4.66. The molecule has 100 valence electrons. The fraction of sp³-hybridized carbons (Fsp3) is 0.231. The van der Waals surface area contributed by atoms with Gasteiger partial charge in [0.05, 0.1) is 11.4 Å². The standard InChI is InChI=1S/C13H15ClN4O/c1-9-4-6-16-18(9)7-5-13(19)17-12-3-2-10(14)8-11(12)15/h2-4,6,8H,5,7,15H2,1H3,(H,17,19). The van der Waals surface area contributed by atoms with Crippen LogP contribution in [-0.2, 0) is 11.3 Å². The van der Waals surface area contributed by atoms with Crippen molar-refractivity contribution in [3.05, 3.63) is 41.2 Å². The highest BCUT2D eigenvalue weighted by Gasteiger charge is 2.07. The maximum atomic E-state index is 11.8. The monoisotopic (exact) mass is 278 g/mol. The van der Waals surface area contributed by atoms with Gasteiger partial charge in [-0.2, -0.15) is 5.10 Å². The molecule has 2 rings (SSSR count). The Morgan fingerprint density at radius 3 is 2.89 bits per heavy atom. The molecule has 0 spiro atoms. The number of nitrogens with two attached hydrogens (primary N) is 1. The molecule has 0 aliphatic rings. The summed E-state index contributed by atoms with van der Waals surface area (Å²) in [6, 6.07) is 6.88. The van der Waals surface area contributed by atoms with E-state index in [-0.39, 0.29) is 5.91 Å². The maximum Gasteiger partial charge on any atom is 0.226 e. The third kappa shape index (κ3) is 3.48. The van der Waals surface area contributed by atoms with E-state index in [4.69, 9.17) is 17.3 Å². The van der Waals surface area contributed by atoms with Gasteiger partial charge in [0.15, 0.2) is 0 Å². The zero-order valence-corrected chi connectivity index (χ0v) is 11.3. The van der Waals surface area contributed by atoms with Crippen molar-refractivity contribution in [3.8, 4) is 0 Å². The molecule has 0 radical (unpaired) electrons. The number of nitrogens with one attached hydrogen (secondary N) is 1. The number of hydrogen-bond donors (Lipinski definition) is 2. The molecule has 0 atom stereocenters. The number of hydrogen-bond acceptors (Lipinski definition) is 3. The first-order valence-corrected chi connectivity index (χ1v) is 6.27. The predicted molar refractivity (Wildman–Crippen MR) is 76.1 cm³/mol. The summed E-state index contributed by atoms with van der Waals surface area (Å²) < 4.78 is 1.78. The van der Waals surface area contributed by atoms with Crippen LogP contribution in [0.1, 0.15) is 12.1 Å². The van der Waals surface area contributed by atoms with Gasteiger partial charge in [-0.1, -0.05) is 11.6 Å². The van der Waals surface area contributed by atoms with Crippen molar-refractivity contribution < 1.29 is 4.79 Å². The Bertz CT molecular complexity index is 594. The highest BCUT2D eigenvalue weighted by molar-refractivity contribution is 6.31. The molecule has 3 N–H and O–H groups in total. The Morgan fingerprint density at radius 1 is 1.47 bits per heavy atom. The number of rotatable bonds is 4. The summed E-state index contributed by atoms with van der Waals surface area (Å²) in [6.07, 6.45) is 2.05.